The van der Waals surface area contributed by atoms with E-state index in [2.05, 4.69) is 9.97 Å². The summed E-state index contributed by atoms with van der Waals surface area (Å²) in [4.78, 5) is 52.1. The van der Waals surface area contributed by atoms with Gasteiger partial charge >= 0.3 is 17.9 Å². The molecule has 2 heterocycles. The summed E-state index contributed by atoms with van der Waals surface area (Å²) in [5.74, 6) is -2.09. The maximum Gasteiger partial charge on any atom is 0.432 e. The predicted molar refractivity (Wildman–Crippen MR) is 138 cm³/mol. The van der Waals surface area contributed by atoms with Crippen LogP contribution in [0.25, 0.3) is 0 Å². The number of esters is 2. The monoisotopic (exact) mass is 598 g/mol. The molecule has 1 saturated heterocycles. The molecule has 1 fully saturated rings. The lowest BCUT2D eigenvalue weighted by Crippen LogP contribution is -2.44. The Labute approximate surface area is 234 Å². The number of rotatable bonds is 9. The quantitative estimate of drug-likeness (QED) is 0.190. The van der Waals surface area contributed by atoms with Crippen molar-refractivity contribution in [1.29, 1.82) is 0 Å². The molecule has 4 atom stereocenters. The maximum atomic E-state index is 12.9. The van der Waals surface area contributed by atoms with E-state index < -0.39 is 79.7 Å². The van der Waals surface area contributed by atoms with Crippen molar-refractivity contribution in [2.45, 2.75) is 70.9 Å². The van der Waals surface area contributed by atoms with Gasteiger partial charge in [0, 0.05) is 12.1 Å². The summed E-state index contributed by atoms with van der Waals surface area (Å²) >= 11 is 0. The number of carbonyl (C=O) groups is 2. The molecule has 1 N–H and O–H groups in total. The van der Waals surface area contributed by atoms with Crippen LogP contribution in [0.15, 0.2) is 35.4 Å². The molecule has 0 bridgehead atoms. The van der Waals surface area contributed by atoms with Crippen LogP contribution in [0.3, 0.4) is 0 Å². The summed E-state index contributed by atoms with van der Waals surface area (Å²) in [7, 11) is -4.48. The molecule has 17 heteroatoms. The minimum Gasteiger partial charge on any atom is -0.455 e. The second-order valence-corrected chi connectivity index (χ2v) is 12.9. The Kier molecular flexibility index (Phi) is 8.85. The first kappa shape index (κ1) is 31.6. The number of imidazole rings is 1. The van der Waals surface area contributed by atoms with Crippen LogP contribution in [0.2, 0.25) is 0 Å². The van der Waals surface area contributed by atoms with E-state index in [1.807, 2.05) is 0 Å². The molecule has 16 nitrogen and oxygen atoms in total. The largest absolute Gasteiger partial charge is 0.455 e. The van der Waals surface area contributed by atoms with Gasteiger partial charge in [-0.25, -0.2) is 4.98 Å². The summed E-state index contributed by atoms with van der Waals surface area (Å²) in [6.45, 7) is 8.71. The van der Waals surface area contributed by atoms with Gasteiger partial charge < -0.3 is 24.3 Å². The number of aromatic nitrogens is 2. The molecule has 224 valence electrons. The lowest BCUT2D eigenvalue weighted by molar-refractivity contribution is -0.393. The molecule has 1 aromatic carbocycles. The van der Waals surface area contributed by atoms with E-state index in [1.165, 1.54) is 0 Å². The molecule has 3 rings (SSSR count). The Balaban J connectivity index is 1.98. The van der Waals surface area contributed by atoms with Crippen LogP contribution in [-0.4, -0.2) is 65.1 Å². The van der Waals surface area contributed by atoms with E-state index in [0.717, 1.165) is 30.5 Å². The van der Waals surface area contributed by atoms with Crippen LogP contribution in [-0.2, 0) is 38.1 Å². The van der Waals surface area contributed by atoms with Crippen LogP contribution in [0, 0.1) is 31.1 Å². The SMILES string of the molecule is CC(C)(C)C(=O)O[C@H]1[C@H](OC(=O)C(C)(C)C)[C@H](c2cnc([N+](=O)[O-])[nH]2)O[C@@H]1COS(=O)(=O)c1ccc([N+](=O)[O-])cc1. The summed E-state index contributed by atoms with van der Waals surface area (Å²) < 4.78 is 48.2. The fourth-order valence-corrected chi connectivity index (χ4v) is 4.42. The summed E-state index contributed by atoms with van der Waals surface area (Å²) in [5.41, 5.74) is -2.38. The lowest BCUT2D eigenvalue weighted by atomic mass is 9.96. The number of carbonyl (C=O) groups excluding carboxylic acids is 2. The predicted octanol–water partition coefficient (Wildman–Crippen LogP) is 2.99. The summed E-state index contributed by atoms with van der Waals surface area (Å²) in [6, 6.07) is 3.94. The second-order valence-electron chi connectivity index (χ2n) is 11.2. The zero-order chi connectivity index (χ0) is 30.9. The number of H-pyrrole nitrogens is 1. The zero-order valence-electron chi connectivity index (χ0n) is 23.1. The molecule has 1 aliphatic heterocycles. The van der Waals surface area contributed by atoms with Crippen LogP contribution >= 0.6 is 0 Å². The highest BCUT2D eigenvalue weighted by Gasteiger charge is 2.53. The molecule has 2 aromatic rings. The topological polar surface area (TPSA) is 220 Å². The number of nitro groups is 2. The molecule has 1 aliphatic rings. The smallest absolute Gasteiger partial charge is 0.432 e. The first-order valence-electron chi connectivity index (χ1n) is 12.2. The van der Waals surface area contributed by atoms with Gasteiger partial charge in [-0.15, -0.1) is 0 Å². The third-order valence-corrected chi connectivity index (χ3v) is 7.10. The maximum absolute atomic E-state index is 12.9. The average molecular weight is 599 g/mol. The standard InChI is InChI=1S/C24H30N4O12S/c1-23(2,3)20(29)39-18-16(12-37-41(35,36)14-9-7-13(8-10-14)27(31)32)38-17(15-11-25-22(26-15)28(33)34)19(18)40-21(30)24(4,5)6/h7-11,16-19H,12H2,1-6H3,(H,25,26)/t16-,17+,18-,19-/m1/s1. The number of nitro benzene ring substituents is 1. The van der Waals surface area contributed by atoms with Crippen molar-refractivity contribution in [1.82, 2.24) is 9.97 Å². The minimum absolute atomic E-state index is 0.000873. The molecule has 41 heavy (non-hydrogen) atoms. The van der Waals surface area contributed by atoms with Gasteiger partial charge in [0.2, 0.25) is 0 Å². The highest BCUT2D eigenvalue weighted by atomic mass is 32.2. The van der Waals surface area contributed by atoms with Crippen LogP contribution in [0.1, 0.15) is 53.3 Å². The Bertz CT molecular complexity index is 1420. The van der Waals surface area contributed by atoms with Gasteiger partial charge in [-0.3, -0.25) is 23.9 Å². The summed E-state index contributed by atoms with van der Waals surface area (Å²) in [5, 5.41) is 22.1. The van der Waals surface area contributed by atoms with Crippen molar-refractivity contribution in [2.75, 3.05) is 6.61 Å². The Morgan fingerprint density at radius 3 is 1.95 bits per heavy atom. The number of nitrogens with zero attached hydrogens (tertiary/aromatic N) is 3. The van der Waals surface area contributed by atoms with Crippen molar-refractivity contribution in [3.8, 4) is 0 Å². The molecule has 0 amide bonds. The van der Waals surface area contributed by atoms with Crippen molar-refractivity contribution in [2.24, 2.45) is 10.8 Å². The molecule has 1 aromatic heterocycles. The second kappa shape index (κ2) is 11.5. The summed E-state index contributed by atoms with van der Waals surface area (Å²) in [6.07, 6.45) is -4.35. The van der Waals surface area contributed by atoms with Crippen molar-refractivity contribution >= 4 is 33.7 Å². The molecular formula is C24H30N4O12S. The molecule has 0 radical (unpaired) electrons. The van der Waals surface area contributed by atoms with Crippen molar-refractivity contribution in [3.05, 3.63) is 56.4 Å². The van der Waals surface area contributed by atoms with E-state index in [0.29, 0.717) is 0 Å². The van der Waals surface area contributed by atoms with Crippen LogP contribution < -0.4 is 0 Å². The molecular weight excluding hydrogens is 568 g/mol. The van der Waals surface area contributed by atoms with Gasteiger partial charge in [0.25, 0.3) is 15.8 Å². The lowest BCUT2D eigenvalue weighted by Gasteiger charge is -2.29. The van der Waals surface area contributed by atoms with Gasteiger partial charge in [0.1, 0.15) is 18.0 Å². The number of aromatic amines is 1. The third-order valence-electron chi connectivity index (χ3n) is 5.81. The number of benzene rings is 1. The number of non-ortho nitro benzene ring substituents is 1. The fraction of sp³-hybridized carbons (Fsp3) is 0.542. The zero-order valence-corrected chi connectivity index (χ0v) is 23.9. The normalized spacial score (nSPS) is 21.3. The van der Waals surface area contributed by atoms with E-state index in [-0.39, 0.29) is 16.3 Å². The fourth-order valence-electron chi connectivity index (χ4n) is 3.50. The van der Waals surface area contributed by atoms with E-state index >= 15 is 0 Å². The number of hydrogen-bond donors (Lipinski definition) is 1. The van der Waals surface area contributed by atoms with E-state index in [4.69, 9.17) is 18.4 Å². The Morgan fingerprint density at radius 2 is 1.49 bits per heavy atom. The highest BCUT2D eigenvalue weighted by Crippen LogP contribution is 2.39. The third kappa shape index (κ3) is 7.42. The minimum atomic E-state index is -4.48. The highest BCUT2D eigenvalue weighted by molar-refractivity contribution is 7.86. The molecule has 0 saturated carbocycles. The van der Waals surface area contributed by atoms with Crippen molar-refractivity contribution in [3.63, 3.8) is 0 Å². The average Bonchev–Trinajstić information content (AvgIpc) is 3.47. The number of nitrogens with one attached hydrogen (secondary N) is 1. The van der Waals surface area contributed by atoms with Gasteiger partial charge in [-0.2, -0.15) is 8.42 Å². The van der Waals surface area contributed by atoms with Crippen molar-refractivity contribution < 1.29 is 46.2 Å². The Morgan fingerprint density at radius 1 is 0.951 bits per heavy atom. The van der Waals surface area contributed by atoms with E-state index in [1.54, 1.807) is 41.5 Å². The molecule has 0 unspecified atom stereocenters. The van der Waals surface area contributed by atoms with E-state index in [9.17, 15) is 38.2 Å². The number of hydrogen-bond acceptors (Lipinski definition) is 13. The first-order valence-corrected chi connectivity index (χ1v) is 13.6. The van der Waals surface area contributed by atoms with Gasteiger partial charge in [0.05, 0.1) is 27.3 Å². The molecule has 0 aliphatic carbocycles. The first-order chi connectivity index (χ1) is 18.8. The Hall–Kier alpha value is -3.96. The van der Waals surface area contributed by atoms with Crippen LogP contribution in [0.5, 0.6) is 0 Å². The van der Waals surface area contributed by atoms with Crippen LogP contribution in [0.4, 0.5) is 11.6 Å². The van der Waals surface area contributed by atoms with Gasteiger partial charge in [-0.05, 0) is 58.6 Å². The molecule has 0 spiro atoms. The van der Waals surface area contributed by atoms with Gasteiger partial charge in [0.15, 0.2) is 18.3 Å². The number of ether oxygens (including phenoxy) is 3. The van der Waals surface area contributed by atoms with Gasteiger partial charge in [-0.1, -0.05) is 4.98 Å².